The fraction of sp³-hybridized carbons (Fsp3) is 0.545. The third kappa shape index (κ3) is 3.66. The van der Waals surface area contributed by atoms with Crippen molar-refractivity contribution in [2.45, 2.75) is 31.6 Å². The molecule has 0 aliphatic carbocycles. The lowest BCUT2D eigenvalue weighted by molar-refractivity contribution is 0.479. The van der Waals surface area contributed by atoms with Crippen molar-refractivity contribution >= 4 is 15.7 Å². The average Bonchev–Trinajstić information content (AvgIpc) is 2.39. The number of sulfonamides is 1. The van der Waals surface area contributed by atoms with E-state index in [9.17, 15) is 8.42 Å². The van der Waals surface area contributed by atoms with Crippen LogP contribution >= 0.6 is 0 Å². The second-order valence-corrected chi connectivity index (χ2v) is 5.79. The summed E-state index contributed by atoms with van der Waals surface area (Å²) in [5.74, 6) is 5.62. The molecule has 0 aromatic carbocycles. The molecule has 7 heteroatoms. The molecule has 1 aromatic rings. The largest absolute Gasteiger partial charge is 0.323 e. The summed E-state index contributed by atoms with van der Waals surface area (Å²) in [4.78, 5) is 3.88. The van der Waals surface area contributed by atoms with Crippen LogP contribution < -0.4 is 16.0 Å². The van der Waals surface area contributed by atoms with E-state index in [1.54, 1.807) is 0 Å². The van der Waals surface area contributed by atoms with Gasteiger partial charge < -0.3 is 5.43 Å². The van der Waals surface area contributed by atoms with Crippen LogP contribution in [0.5, 0.6) is 0 Å². The third-order valence-corrected chi connectivity index (χ3v) is 4.40. The molecule has 0 saturated carbocycles. The van der Waals surface area contributed by atoms with Gasteiger partial charge in [0, 0.05) is 18.9 Å². The Morgan fingerprint density at radius 3 is 2.61 bits per heavy atom. The van der Waals surface area contributed by atoms with E-state index in [0.29, 0.717) is 18.2 Å². The maximum Gasteiger partial charge on any atom is 0.244 e. The van der Waals surface area contributed by atoms with E-state index < -0.39 is 10.0 Å². The zero-order valence-electron chi connectivity index (χ0n) is 10.7. The smallest absolute Gasteiger partial charge is 0.244 e. The molecule has 0 amide bonds. The quantitative estimate of drug-likeness (QED) is 0.510. The van der Waals surface area contributed by atoms with Crippen molar-refractivity contribution in [3.05, 3.63) is 18.5 Å². The van der Waals surface area contributed by atoms with Crippen LogP contribution in [0.1, 0.15) is 26.7 Å². The van der Waals surface area contributed by atoms with Gasteiger partial charge in [-0.3, -0.25) is 10.8 Å². The van der Waals surface area contributed by atoms with Crippen LogP contribution in [0.25, 0.3) is 0 Å². The molecule has 102 valence electrons. The molecule has 18 heavy (non-hydrogen) atoms. The van der Waals surface area contributed by atoms with E-state index in [4.69, 9.17) is 5.84 Å². The summed E-state index contributed by atoms with van der Waals surface area (Å²) >= 11 is 0. The molecule has 0 atom stereocenters. The first-order valence-corrected chi connectivity index (χ1v) is 7.43. The highest BCUT2D eigenvalue weighted by atomic mass is 32.2. The number of nitrogens with one attached hydrogen (secondary N) is 2. The Hall–Kier alpha value is -1.18. The minimum atomic E-state index is -3.57. The Kier molecular flexibility index (Phi) is 5.52. The summed E-state index contributed by atoms with van der Waals surface area (Å²) < 4.78 is 26.8. The molecule has 0 unspecified atom stereocenters. The van der Waals surface area contributed by atoms with Gasteiger partial charge in [-0.1, -0.05) is 26.7 Å². The molecule has 0 bridgehead atoms. The molecule has 0 spiro atoms. The summed E-state index contributed by atoms with van der Waals surface area (Å²) in [6.07, 6.45) is 4.64. The number of hydrogen-bond acceptors (Lipinski definition) is 5. The van der Waals surface area contributed by atoms with Gasteiger partial charge in [-0.2, -0.15) is 0 Å². The van der Waals surface area contributed by atoms with E-state index >= 15 is 0 Å². The van der Waals surface area contributed by atoms with Crippen LogP contribution in [0.3, 0.4) is 0 Å². The predicted octanol–water partition coefficient (Wildman–Crippen LogP) is 1.08. The normalized spacial score (nSPS) is 11.8. The highest BCUT2D eigenvalue weighted by molar-refractivity contribution is 7.89. The first-order valence-electron chi connectivity index (χ1n) is 5.95. The highest BCUT2D eigenvalue weighted by Gasteiger charge is 2.19. The standard InChI is InChI=1S/C11H20N4O2S/c1-3-9(4-2)7-14-18(16,17)11-8-13-6-5-10(11)15-12/h5-6,8-9,14H,3-4,7,12H2,1-2H3,(H,13,15). The molecule has 0 radical (unpaired) electrons. The molecule has 1 heterocycles. The zero-order chi connectivity index (χ0) is 13.6. The summed E-state index contributed by atoms with van der Waals surface area (Å²) in [5.41, 5.74) is 2.69. The highest BCUT2D eigenvalue weighted by Crippen LogP contribution is 2.18. The van der Waals surface area contributed by atoms with Crippen LogP contribution in [0, 0.1) is 5.92 Å². The molecular formula is C11H20N4O2S. The predicted molar refractivity (Wildman–Crippen MR) is 71.3 cm³/mol. The number of nitrogens with two attached hydrogens (primary N) is 1. The van der Waals surface area contributed by atoms with E-state index in [0.717, 1.165) is 12.8 Å². The van der Waals surface area contributed by atoms with Crippen molar-refractivity contribution in [3.63, 3.8) is 0 Å². The Morgan fingerprint density at radius 1 is 1.39 bits per heavy atom. The van der Waals surface area contributed by atoms with Crippen LogP contribution in [-0.2, 0) is 10.0 Å². The van der Waals surface area contributed by atoms with Gasteiger partial charge in [-0.25, -0.2) is 13.1 Å². The first kappa shape index (κ1) is 14.9. The SMILES string of the molecule is CCC(CC)CNS(=O)(=O)c1cnccc1NN. The second kappa shape index (κ2) is 6.67. The third-order valence-electron chi connectivity index (χ3n) is 2.95. The number of anilines is 1. The van der Waals surface area contributed by atoms with E-state index in [2.05, 4.69) is 15.1 Å². The second-order valence-electron chi connectivity index (χ2n) is 4.05. The lowest BCUT2D eigenvalue weighted by Crippen LogP contribution is -2.30. The lowest BCUT2D eigenvalue weighted by Gasteiger charge is -2.14. The van der Waals surface area contributed by atoms with Gasteiger partial charge in [-0.05, 0) is 12.0 Å². The van der Waals surface area contributed by atoms with Crippen molar-refractivity contribution in [1.82, 2.24) is 9.71 Å². The minimum Gasteiger partial charge on any atom is -0.323 e. The van der Waals surface area contributed by atoms with Gasteiger partial charge in [0.25, 0.3) is 0 Å². The molecule has 0 fully saturated rings. The maximum absolute atomic E-state index is 12.1. The van der Waals surface area contributed by atoms with Crippen LogP contribution in [0.2, 0.25) is 0 Å². The summed E-state index contributed by atoms with van der Waals surface area (Å²) in [6, 6.07) is 1.52. The van der Waals surface area contributed by atoms with Gasteiger partial charge in [0.05, 0.1) is 5.69 Å². The number of pyridine rings is 1. The lowest BCUT2D eigenvalue weighted by atomic mass is 10.0. The van der Waals surface area contributed by atoms with Crippen molar-refractivity contribution in [3.8, 4) is 0 Å². The van der Waals surface area contributed by atoms with Crippen molar-refractivity contribution in [2.24, 2.45) is 11.8 Å². The molecule has 6 nitrogen and oxygen atoms in total. The van der Waals surface area contributed by atoms with Crippen molar-refractivity contribution in [1.29, 1.82) is 0 Å². The summed E-state index contributed by atoms with van der Waals surface area (Å²) in [7, 11) is -3.57. The number of hydrogen-bond donors (Lipinski definition) is 3. The van der Waals surface area contributed by atoms with Gasteiger partial charge in [0.15, 0.2) is 0 Å². The van der Waals surface area contributed by atoms with Crippen molar-refractivity contribution < 1.29 is 8.42 Å². The number of nitrogens with zero attached hydrogens (tertiary/aromatic N) is 1. The minimum absolute atomic E-state index is 0.0680. The van der Waals surface area contributed by atoms with E-state index in [1.807, 2.05) is 13.8 Å². The molecular weight excluding hydrogens is 252 g/mol. The zero-order valence-corrected chi connectivity index (χ0v) is 11.5. The Labute approximate surface area is 108 Å². The van der Waals surface area contributed by atoms with E-state index in [1.165, 1.54) is 18.5 Å². The van der Waals surface area contributed by atoms with Crippen molar-refractivity contribution in [2.75, 3.05) is 12.0 Å². The fourth-order valence-electron chi connectivity index (χ4n) is 1.60. The fourth-order valence-corrected chi connectivity index (χ4v) is 2.82. The van der Waals surface area contributed by atoms with Crippen LogP contribution in [-0.4, -0.2) is 19.9 Å². The van der Waals surface area contributed by atoms with Gasteiger partial charge in [0.1, 0.15) is 4.90 Å². The number of nitrogen functional groups attached to an aromatic ring is 1. The molecule has 4 N–H and O–H groups in total. The molecule has 0 aliphatic heterocycles. The Bertz CT molecular complexity index is 472. The van der Waals surface area contributed by atoms with Crippen LogP contribution in [0.15, 0.2) is 23.4 Å². The molecule has 1 rings (SSSR count). The monoisotopic (exact) mass is 272 g/mol. The number of aromatic nitrogens is 1. The Balaban J connectivity index is 2.86. The van der Waals surface area contributed by atoms with Gasteiger partial charge >= 0.3 is 0 Å². The topological polar surface area (TPSA) is 97.1 Å². The molecule has 0 aliphatic rings. The summed E-state index contributed by atoms with van der Waals surface area (Å²) in [5, 5.41) is 0. The number of rotatable bonds is 7. The van der Waals surface area contributed by atoms with E-state index in [-0.39, 0.29) is 4.90 Å². The van der Waals surface area contributed by atoms with Crippen LogP contribution in [0.4, 0.5) is 5.69 Å². The van der Waals surface area contributed by atoms with Gasteiger partial charge in [-0.15, -0.1) is 0 Å². The average molecular weight is 272 g/mol. The molecule has 0 saturated heterocycles. The molecule has 1 aromatic heterocycles. The summed E-state index contributed by atoms with van der Waals surface area (Å²) in [6.45, 7) is 4.51. The Morgan fingerprint density at radius 2 is 2.06 bits per heavy atom. The first-order chi connectivity index (χ1) is 8.55. The maximum atomic E-state index is 12.1. The number of hydrazine groups is 1. The van der Waals surface area contributed by atoms with Gasteiger partial charge in [0.2, 0.25) is 10.0 Å².